The zero-order chi connectivity index (χ0) is 13.7. The summed E-state index contributed by atoms with van der Waals surface area (Å²) >= 11 is 3.50. The Kier molecular flexibility index (Phi) is 5.00. The number of halogens is 1. The quantitative estimate of drug-likeness (QED) is 0.856. The van der Waals surface area contributed by atoms with Crippen LogP contribution in [0.2, 0.25) is 0 Å². The number of rotatable bonds is 5. The molecule has 19 heavy (non-hydrogen) atoms. The lowest BCUT2D eigenvalue weighted by Gasteiger charge is -2.18. The summed E-state index contributed by atoms with van der Waals surface area (Å²) in [5.74, 6) is 0.346. The van der Waals surface area contributed by atoms with E-state index in [0.717, 1.165) is 16.5 Å². The van der Waals surface area contributed by atoms with E-state index in [1.165, 1.54) is 5.56 Å². The molecule has 1 atom stereocenters. The SMILES string of the molecule is CCC(NCc1ccccc1O)c1cccc(Br)c1. The molecule has 3 heteroatoms. The molecule has 0 aliphatic rings. The van der Waals surface area contributed by atoms with Gasteiger partial charge in [0, 0.05) is 22.6 Å². The van der Waals surface area contributed by atoms with E-state index < -0.39 is 0 Å². The molecule has 0 fully saturated rings. The molecule has 0 aliphatic carbocycles. The van der Waals surface area contributed by atoms with E-state index in [4.69, 9.17) is 0 Å². The Balaban J connectivity index is 2.06. The molecule has 0 spiro atoms. The number of hydrogen-bond donors (Lipinski definition) is 2. The van der Waals surface area contributed by atoms with E-state index in [0.29, 0.717) is 12.3 Å². The molecule has 2 aromatic rings. The van der Waals surface area contributed by atoms with Crippen LogP contribution in [0.1, 0.15) is 30.5 Å². The molecule has 2 nitrogen and oxygen atoms in total. The average Bonchev–Trinajstić information content (AvgIpc) is 2.41. The summed E-state index contributed by atoms with van der Waals surface area (Å²) in [4.78, 5) is 0. The van der Waals surface area contributed by atoms with E-state index in [9.17, 15) is 5.11 Å². The standard InChI is InChI=1S/C16H18BrNO/c1-2-15(12-7-5-8-14(17)10-12)18-11-13-6-3-4-9-16(13)19/h3-10,15,18-19H,2,11H2,1H3. The van der Waals surface area contributed by atoms with Crippen molar-refractivity contribution in [1.82, 2.24) is 5.32 Å². The third-order valence-corrected chi connectivity index (χ3v) is 3.68. The maximum atomic E-state index is 9.76. The van der Waals surface area contributed by atoms with Gasteiger partial charge in [0.05, 0.1) is 0 Å². The van der Waals surface area contributed by atoms with Gasteiger partial charge in [0.15, 0.2) is 0 Å². The molecule has 1 unspecified atom stereocenters. The van der Waals surface area contributed by atoms with Crippen molar-refractivity contribution in [3.8, 4) is 5.75 Å². The lowest BCUT2D eigenvalue weighted by Crippen LogP contribution is -2.20. The first-order chi connectivity index (χ1) is 9.20. The van der Waals surface area contributed by atoms with Crippen LogP contribution in [0.25, 0.3) is 0 Å². The fourth-order valence-electron chi connectivity index (χ4n) is 2.11. The van der Waals surface area contributed by atoms with Crippen LogP contribution in [0, 0.1) is 0 Å². The highest BCUT2D eigenvalue weighted by Crippen LogP contribution is 2.22. The van der Waals surface area contributed by atoms with Gasteiger partial charge < -0.3 is 10.4 Å². The number of aromatic hydroxyl groups is 1. The third-order valence-electron chi connectivity index (χ3n) is 3.19. The summed E-state index contributed by atoms with van der Waals surface area (Å²) in [5.41, 5.74) is 2.18. The summed E-state index contributed by atoms with van der Waals surface area (Å²) in [6.07, 6.45) is 1.00. The molecule has 2 rings (SSSR count). The van der Waals surface area contributed by atoms with Crippen molar-refractivity contribution in [2.24, 2.45) is 0 Å². The zero-order valence-corrected chi connectivity index (χ0v) is 12.5. The van der Waals surface area contributed by atoms with Crippen molar-refractivity contribution in [1.29, 1.82) is 0 Å². The first-order valence-corrected chi connectivity index (χ1v) is 7.25. The summed E-state index contributed by atoms with van der Waals surface area (Å²) in [7, 11) is 0. The Hall–Kier alpha value is -1.32. The van der Waals surface area contributed by atoms with Crippen molar-refractivity contribution in [3.05, 3.63) is 64.1 Å². The van der Waals surface area contributed by atoms with Crippen molar-refractivity contribution >= 4 is 15.9 Å². The van der Waals surface area contributed by atoms with E-state index in [-0.39, 0.29) is 6.04 Å². The maximum Gasteiger partial charge on any atom is 0.120 e. The van der Waals surface area contributed by atoms with E-state index in [2.05, 4.69) is 40.3 Å². The van der Waals surface area contributed by atoms with Gasteiger partial charge >= 0.3 is 0 Å². The molecule has 2 N–H and O–H groups in total. The lowest BCUT2D eigenvalue weighted by molar-refractivity contribution is 0.455. The Morgan fingerprint density at radius 3 is 2.63 bits per heavy atom. The van der Waals surface area contributed by atoms with E-state index >= 15 is 0 Å². The van der Waals surface area contributed by atoms with Gasteiger partial charge in [-0.15, -0.1) is 0 Å². The third kappa shape index (κ3) is 3.82. The summed E-state index contributed by atoms with van der Waals surface area (Å²) in [6, 6.07) is 16.1. The van der Waals surface area contributed by atoms with Crippen molar-refractivity contribution in [2.45, 2.75) is 25.9 Å². The van der Waals surface area contributed by atoms with Crippen molar-refractivity contribution in [2.75, 3.05) is 0 Å². The average molecular weight is 320 g/mol. The minimum atomic E-state index is 0.289. The van der Waals surface area contributed by atoms with Gasteiger partial charge in [0.1, 0.15) is 5.75 Å². The molecule has 100 valence electrons. The molecule has 0 aliphatic heterocycles. The van der Waals surface area contributed by atoms with Gasteiger partial charge in [-0.2, -0.15) is 0 Å². The molecule has 0 bridgehead atoms. The highest BCUT2D eigenvalue weighted by atomic mass is 79.9. The smallest absolute Gasteiger partial charge is 0.120 e. The van der Waals surface area contributed by atoms with Crippen LogP contribution in [0.3, 0.4) is 0 Å². The van der Waals surface area contributed by atoms with Crippen molar-refractivity contribution < 1.29 is 5.11 Å². The Bertz CT molecular complexity index is 542. The first kappa shape index (κ1) is 14.1. The van der Waals surface area contributed by atoms with Gasteiger partial charge in [0.2, 0.25) is 0 Å². The minimum absolute atomic E-state index is 0.289. The van der Waals surface area contributed by atoms with Gasteiger partial charge in [-0.1, -0.05) is 53.2 Å². The maximum absolute atomic E-state index is 9.76. The fraction of sp³-hybridized carbons (Fsp3) is 0.250. The molecule has 0 aromatic heterocycles. The van der Waals surface area contributed by atoms with Gasteiger partial charge in [-0.05, 0) is 30.2 Å². The minimum Gasteiger partial charge on any atom is -0.508 e. The predicted molar refractivity (Wildman–Crippen MR) is 82.1 cm³/mol. The Morgan fingerprint density at radius 1 is 1.16 bits per heavy atom. The lowest BCUT2D eigenvalue weighted by atomic mass is 10.0. The van der Waals surface area contributed by atoms with Crippen LogP contribution in [0.4, 0.5) is 0 Å². The summed E-state index contributed by atoms with van der Waals surface area (Å²) < 4.78 is 1.09. The molecule has 0 radical (unpaired) electrons. The van der Waals surface area contributed by atoms with Crippen LogP contribution in [-0.2, 0) is 6.54 Å². The molecule has 0 saturated carbocycles. The van der Waals surface area contributed by atoms with Crippen LogP contribution >= 0.6 is 15.9 Å². The second-order valence-electron chi connectivity index (χ2n) is 4.53. The monoisotopic (exact) mass is 319 g/mol. The first-order valence-electron chi connectivity index (χ1n) is 6.46. The van der Waals surface area contributed by atoms with Gasteiger partial charge in [-0.25, -0.2) is 0 Å². The van der Waals surface area contributed by atoms with Crippen LogP contribution in [0.15, 0.2) is 53.0 Å². The van der Waals surface area contributed by atoms with Crippen molar-refractivity contribution in [3.63, 3.8) is 0 Å². The second-order valence-corrected chi connectivity index (χ2v) is 5.44. The summed E-state index contributed by atoms with van der Waals surface area (Å²) in [6.45, 7) is 2.82. The summed E-state index contributed by atoms with van der Waals surface area (Å²) in [5, 5.41) is 13.3. The van der Waals surface area contributed by atoms with Crippen LogP contribution < -0.4 is 5.32 Å². The largest absolute Gasteiger partial charge is 0.508 e. The number of phenolic OH excluding ortho intramolecular Hbond substituents is 1. The normalized spacial score (nSPS) is 12.3. The number of phenols is 1. The Morgan fingerprint density at radius 2 is 1.95 bits per heavy atom. The number of benzene rings is 2. The van der Waals surface area contributed by atoms with Gasteiger partial charge in [0.25, 0.3) is 0 Å². The highest BCUT2D eigenvalue weighted by molar-refractivity contribution is 9.10. The van der Waals surface area contributed by atoms with Crippen LogP contribution in [-0.4, -0.2) is 5.11 Å². The number of nitrogens with one attached hydrogen (secondary N) is 1. The molecule has 2 aromatic carbocycles. The number of para-hydroxylation sites is 1. The molecular formula is C16H18BrNO. The molecular weight excluding hydrogens is 302 g/mol. The van der Waals surface area contributed by atoms with Gasteiger partial charge in [-0.3, -0.25) is 0 Å². The molecule has 0 saturated heterocycles. The molecule has 0 heterocycles. The van der Waals surface area contributed by atoms with E-state index in [1.54, 1.807) is 6.07 Å². The zero-order valence-electron chi connectivity index (χ0n) is 10.9. The topological polar surface area (TPSA) is 32.3 Å². The Labute approximate surface area is 122 Å². The number of hydrogen-bond acceptors (Lipinski definition) is 2. The van der Waals surface area contributed by atoms with E-state index in [1.807, 2.05) is 30.3 Å². The fourth-order valence-corrected chi connectivity index (χ4v) is 2.53. The van der Waals surface area contributed by atoms with Crippen LogP contribution in [0.5, 0.6) is 5.75 Å². The second kappa shape index (κ2) is 6.73. The molecule has 0 amide bonds. The predicted octanol–water partition coefficient (Wildman–Crippen LogP) is 4.40. The highest BCUT2D eigenvalue weighted by Gasteiger charge is 2.09.